The minimum atomic E-state index is 0. The average Bonchev–Trinajstić information content (AvgIpc) is 1.00. The summed E-state index contributed by atoms with van der Waals surface area (Å²) >= 11 is 7.33. The van der Waals surface area contributed by atoms with Gasteiger partial charge in [0.15, 0.2) is 0 Å². The van der Waals surface area contributed by atoms with Crippen LogP contribution in [0.3, 0.4) is 0 Å². The molecule has 2 radical (unpaired) electrons. The fourth-order valence-corrected chi connectivity index (χ4v) is 0. The van der Waals surface area contributed by atoms with Crippen LogP contribution in [0, 0.1) is 0 Å². The molecule has 0 heterocycles. The van der Waals surface area contributed by atoms with Crippen molar-refractivity contribution in [1.29, 1.82) is 0 Å². The van der Waals surface area contributed by atoms with E-state index in [4.69, 9.17) is 0 Å². The second-order valence-electron chi connectivity index (χ2n) is 0. The van der Waals surface area contributed by atoms with Gasteiger partial charge in [-0.05, 0) is 0 Å². The van der Waals surface area contributed by atoms with Crippen LogP contribution in [0.2, 0.25) is 0 Å². The molecule has 0 aromatic carbocycles. The van der Waals surface area contributed by atoms with E-state index in [1.54, 1.807) is 0 Å². The van der Waals surface area contributed by atoms with E-state index in [2.05, 4.69) is 22.4 Å². The Morgan fingerprint density at radius 3 is 1.00 bits per heavy atom. The van der Waals surface area contributed by atoms with Gasteiger partial charge in [0, 0.05) is 41.9 Å². The molecule has 0 saturated carbocycles. The molecule has 20 valence electrons. The summed E-state index contributed by atoms with van der Waals surface area (Å²) in [5.74, 6) is 0. The Morgan fingerprint density at radius 1 is 1.00 bits per heavy atom. The van der Waals surface area contributed by atoms with Crippen molar-refractivity contribution < 1.29 is 19.5 Å². The third kappa shape index (κ3) is 9.01. The smallest absolute Gasteiger partial charge is 0 e. The number of hydrogen-bond donors (Lipinski definition) is 0. The van der Waals surface area contributed by atoms with E-state index < -0.39 is 0 Å². The van der Waals surface area contributed by atoms with Gasteiger partial charge >= 0.3 is 27.3 Å². The molecule has 0 aliphatic heterocycles. The molecule has 0 N–H and O–H groups in total. The van der Waals surface area contributed by atoms with Gasteiger partial charge in [-0.1, -0.05) is 0 Å². The molecule has 0 unspecified atom stereocenters. The van der Waals surface area contributed by atoms with E-state index in [0.29, 0.717) is 0 Å². The van der Waals surface area contributed by atoms with Gasteiger partial charge < -0.3 is 0 Å². The van der Waals surface area contributed by atoms with E-state index in [1.807, 2.05) is 0 Å². The molecular formula is H2PbS2Zn. The second-order valence-corrected chi connectivity index (χ2v) is 0. The van der Waals surface area contributed by atoms with Gasteiger partial charge in [0.2, 0.25) is 0 Å². The van der Waals surface area contributed by atoms with Gasteiger partial charge in [-0.25, -0.2) is 0 Å². The Balaban J connectivity index is -0.00000000500. The fraction of sp³-hybridized carbons (Fsp3) is 0. The Hall–Kier alpha value is 1.99. The molecule has 0 bridgehead atoms. The molecule has 0 amide bonds. The van der Waals surface area contributed by atoms with Gasteiger partial charge in [-0.3, -0.25) is 0 Å². The van der Waals surface area contributed by atoms with E-state index >= 15 is 0 Å². The van der Waals surface area contributed by atoms with Crippen molar-refractivity contribution in [2.45, 2.75) is 0 Å². The first-order valence-corrected chi connectivity index (χ1v) is 1.50. The zero-order valence-electron chi connectivity index (χ0n) is 2.23. The molecule has 0 aliphatic carbocycles. The van der Waals surface area contributed by atoms with E-state index in [1.165, 1.54) is 0 Å². The summed E-state index contributed by atoms with van der Waals surface area (Å²) in [5, 5.41) is 0. The summed E-state index contributed by atoms with van der Waals surface area (Å²) in [5.41, 5.74) is 0. The molecular weight excluding hydrogens is 337 g/mol. The van der Waals surface area contributed by atoms with Crippen LogP contribution in [0.15, 0.2) is 0 Å². The predicted octanol–water partition coefficient (Wildman–Crippen LogP) is -0.923. The maximum atomic E-state index is 3.67. The summed E-state index contributed by atoms with van der Waals surface area (Å²) in [4.78, 5) is 0. The fourth-order valence-electron chi connectivity index (χ4n) is 0. The van der Waals surface area contributed by atoms with Gasteiger partial charge in [0.1, 0.15) is 0 Å². The predicted molar refractivity (Wildman–Crippen MR) is 23.3 cm³/mol. The second kappa shape index (κ2) is 20.1. The van der Waals surface area contributed by atoms with Crippen LogP contribution in [-0.4, -0.2) is 27.3 Å². The largest absolute Gasteiger partial charge is 0 e. The van der Waals surface area contributed by atoms with Crippen LogP contribution in [0.5, 0.6) is 0 Å². The van der Waals surface area contributed by atoms with Crippen molar-refractivity contribution in [3.63, 3.8) is 0 Å². The van der Waals surface area contributed by atoms with Crippen molar-refractivity contribution in [2.24, 2.45) is 0 Å². The van der Waals surface area contributed by atoms with Gasteiger partial charge in [0.05, 0.1) is 0 Å². The first-order chi connectivity index (χ1) is 1.00. The SMILES string of the molecule is S=S.[PbH2].[Zn]. The molecule has 0 aromatic heterocycles. The van der Waals surface area contributed by atoms with Crippen molar-refractivity contribution in [1.82, 2.24) is 0 Å². The first-order valence-electron chi connectivity index (χ1n) is 0.167. The minimum Gasteiger partial charge on any atom is 0 e. The molecule has 0 spiro atoms. The van der Waals surface area contributed by atoms with Crippen LogP contribution in [0.1, 0.15) is 0 Å². The maximum Gasteiger partial charge on any atom is 0 e. The molecule has 0 saturated heterocycles. The Bertz CT molecular complexity index is 6.00. The maximum absolute atomic E-state index is 3.67. The summed E-state index contributed by atoms with van der Waals surface area (Å²) in [6, 6.07) is 0. The van der Waals surface area contributed by atoms with Crippen molar-refractivity contribution in [3.05, 3.63) is 0 Å². The molecule has 4 heteroatoms. The van der Waals surface area contributed by atoms with Crippen molar-refractivity contribution >= 4 is 49.7 Å². The zero-order chi connectivity index (χ0) is 2.00. The Kier molecular flexibility index (Phi) is 83.8. The van der Waals surface area contributed by atoms with Gasteiger partial charge in [-0.2, -0.15) is 0 Å². The number of rotatable bonds is 0. The topological polar surface area (TPSA) is 0 Å². The van der Waals surface area contributed by atoms with E-state index in [-0.39, 0.29) is 46.8 Å². The third-order valence-corrected chi connectivity index (χ3v) is 0. The third-order valence-electron chi connectivity index (χ3n) is 0. The van der Waals surface area contributed by atoms with Crippen molar-refractivity contribution in [2.75, 3.05) is 0 Å². The van der Waals surface area contributed by atoms with E-state index in [0.717, 1.165) is 0 Å². The minimum absolute atomic E-state index is 0. The molecule has 0 nitrogen and oxygen atoms in total. The summed E-state index contributed by atoms with van der Waals surface area (Å²) in [7, 11) is 0. The van der Waals surface area contributed by atoms with Crippen LogP contribution >= 0.6 is 0 Å². The molecule has 4 heavy (non-hydrogen) atoms. The monoisotopic (exact) mass is 338 g/mol. The summed E-state index contributed by atoms with van der Waals surface area (Å²) in [6.45, 7) is 0. The van der Waals surface area contributed by atoms with Gasteiger partial charge in [0.25, 0.3) is 0 Å². The quantitative estimate of drug-likeness (QED) is 0.524. The molecule has 0 rings (SSSR count). The Labute approximate surface area is 68.3 Å². The van der Waals surface area contributed by atoms with Gasteiger partial charge in [-0.15, -0.1) is 0 Å². The van der Waals surface area contributed by atoms with E-state index in [9.17, 15) is 0 Å². The Morgan fingerprint density at radius 2 is 1.00 bits per heavy atom. The average molecular weight is 339 g/mol. The first kappa shape index (κ1) is 16.7. The zero-order valence-corrected chi connectivity index (χ0v) is 12.3. The normalized spacial score (nSPS) is 1.00. The molecule has 0 aliphatic rings. The number of hydrogen-bond acceptors (Lipinski definition) is 2. The standard InChI is InChI=1S/Pb.S2.Zn.2H/c;1-2;;;. The molecule has 0 fully saturated rings. The summed E-state index contributed by atoms with van der Waals surface area (Å²) in [6.07, 6.45) is 0. The molecule has 0 atom stereocenters. The van der Waals surface area contributed by atoms with Crippen molar-refractivity contribution in [3.8, 4) is 0 Å². The summed E-state index contributed by atoms with van der Waals surface area (Å²) < 4.78 is 0. The van der Waals surface area contributed by atoms with Crippen LogP contribution in [-0.2, 0) is 41.9 Å². The van der Waals surface area contributed by atoms with Crippen LogP contribution < -0.4 is 0 Å². The molecule has 0 aromatic rings. The van der Waals surface area contributed by atoms with Crippen LogP contribution in [0.4, 0.5) is 0 Å². The van der Waals surface area contributed by atoms with Crippen LogP contribution in [0.25, 0.3) is 0 Å².